The van der Waals surface area contributed by atoms with Crippen molar-refractivity contribution in [2.24, 2.45) is 0 Å². The SMILES string of the molecule is CC(C)(C)c1cc(-c2cc(N(c3cccc(Cl)c3)c3cccc4c3oc3c(-c5cc(C(C)(C)C)cc(C(C)(C)C)c5)cccc34)cc(N(c3cccc(Cl)c3)c3cccc4c3oc3c(-c5cc(C(C)(C)C)cc(C(C)(C)C)c5)cccc34)c2)cc(C(C)(C)C)c1. The molecule has 10 aromatic carbocycles. The van der Waals surface area contributed by atoms with E-state index >= 15 is 0 Å². The highest BCUT2D eigenvalue weighted by Gasteiger charge is 2.30. The minimum Gasteiger partial charge on any atom is -0.453 e. The summed E-state index contributed by atoms with van der Waals surface area (Å²) in [6.07, 6.45) is 0. The maximum absolute atomic E-state index is 7.48. The molecule has 0 aliphatic heterocycles. The summed E-state index contributed by atoms with van der Waals surface area (Å²) in [6, 6.07) is 70.8. The molecule has 0 spiro atoms. The van der Waals surface area contributed by atoms with Gasteiger partial charge >= 0.3 is 0 Å². The van der Waals surface area contributed by atoms with Gasteiger partial charge in [-0.3, -0.25) is 0 Å². The quantitative estimate of drug-likeness (QED) is 0.144. The van der Waals surface area contributed by atoms with E-state index in [0.717, 1.165) is 111 Å². The summed E-state index contributed by atoms with van der Waals surface area (Å²) in [5, 5.41) is 5.35. The van der Waals surface area contributed by atoms with Crippen LogP contribution in [-0.2, 0) is 32.5 Å². The molecule has 0 aliphatic carbocycles. The first-order valence-corrected chi connectivity index (χ1v) is 32.6. The molecule has 0 saturated carbocycles. The Kier molecular flexibility index (Phi) is 15.5. The van der Waals surface area contributed by atoms with Gasteiger partial charge in [-0.1, -0.05) is 275 Å². The van der Waals surface area contributed by atoms with Gasteiger partial charge in [-0.25, -0.2) is 0 Å². The molecule has 0 fully saturated rings. The molecular weight excluding hydrogens is 1140 g/mol. The Morgan fingerprint density at radius 2 is 0.533 bits per heavy atom. The standard InChI is InChI=1S/C84H86Cl2N2O2/c1-79(2,3)55-37-51(38-56(45-55)80(4,5)6)52-43-65(87(63-27-19-25-61(85)48-63)73-35-23-33-71-69-31-21-29-67(75(69)89-77(71)73)53-39-57(81(7,8)9)46-58(40-53)82(10,11)12)50-66(44-52)88(64-28-20-26-62(86)49-64)74-36-24-34-72-70-32-22-30-68(76(70)90-78(72)74)54-41-59(83(13,14)15)47-60(42-54)84(16,17)18/h19-50H,1-18H3. The van der Waals surface area contributed by atoms with Crippen molar-refractivity contribution in [1.82, 2.24) is 0 Å². The lowest BCUT2D eigenvalue weighted by molar-refractivity contribution is 0.568. The zero-order valence-corrected chi connectivity index (χ0v) is 57.5. The van der Waals surface area contributed by atoms with Gasteiger partial charge in [-0.15, -0.1) is 0 Å². The summed E-state index contributed by atoms with van der Waals surface area (Å²) in [6.45, 7) is 41.3. The summed E-state index contributed by atoms with van der Waals surface area (Å²) >= 11 is 14.3. The van der Waals surface area contributed by atoms with Gasteiger partial charge in [-0.2, -0.15) is 0 Å². The highest BCUT2D eigenvalue weighted by molar-refractivity contribution is 6.31. The highest BCUT2D eigenvalue weighted by Crippen LogP contribution is 2.51. The first-order chi connectivity index (χ1) is 42.2. The summed E-state index contributed by atoms with van der Waals surface area (Å²) in [5.41, 5.74) is 22.0. The van der Waals surface area contributed by atoms with Gasteiger partial charge in [0.2, 0.25) is 0 Å². The minimum absolute atomic E-state index is 0.0709. The van der Waals surface area contributed by atoms with E-state index in [2.05, 4.69) is 292 Å². The molecule has 0 bridgehead atoms. The Bertz CT molecular complexity index is 4400. The number of hydrogen-bond acceptors (Lipinski definition) is 4. The normalized spacial score (nSPS) is 12.9. The number of furan rings is 2. The number of hydrogen-bond donors (Lipinski definition) is 0. The lowest BCUT2D eigenvalue weighted by Crippen LogP contribution is -2.17. The minimum atomic E-state index is -0.146. The van der Waals surface area contributed by atoms with Crippen LogP contribution in [-0.4, -0.2) is 0 Å². The molecule has 2 aromatic heterocycles. The fourth-order valence-corrected chi connectivity index (χ4v) is 12.8. The Hall–Kier alpha value is -8.02. The first-order valence-electron chi connectivity index (χ1n) is 31.8. The molecular formula is C84H86Cl2N2O2. The molecule has 458 valence electrons. The number of halogens is 2. The van der Waals surface area contributed by atoms with Crippen molar-refractivity contribution in [2.75, 3.05) is 9.80 Å². The summed E-state index contributed by atoms with van der Waals surface area (Å²) in [7, 11) is 0. The summed E-state index contributed by atoms with van der Waals surface area (Å²) < 4.78 is 15.0. The molecule has 4 nitrogen and oxygen atoms in total. The number of rotatable bonds is 9. The van der Waals surface area contributed by atoms with E-state index in [1.807, 2.05) is 36.4 Å². The maximum atomic E-state index is 7.48. The number of para-hydroxylation sites is 4. The van der Waals surface area contributed by atoms with Crippen molar-refractivity contribution in [3.63, 3.8) is 0 Å². The van der Waals surface area contributed by atoms with Crippen molar-refractivity contribution in [3.8, 4) is 33.4 Å². The molecule has 2 heterocycles. The van der Waals surface area contributed by atoms with Gasteiger partial charge in [-0.05, 0) is 155 Å². The van der Waals surface area contributed by atoms with Crippen molar-refractivity contribution >= 4 is 101 Å². The Labute approximate surface area is 544 Å². The molecule has 0 N–H and O–H groups in total. The van der Waals surface area contributed by atoms with Crippen LogP contribution in [0.2, 0.25) is 10.0 Å². The van der Waals surface area contributed by atoms with Gasteiger partial charge in [0.15, 0.2) is 11.2 Å². The second kappa shape index (κ2) is 22.4. The molecule has 0 radical (unpaired) electrons. The summed E-state index contributed by atoms with van der Waals surface area (Å²) in [5.74, 6) is 0. The highest BCUT2D eigenvalue weighted by atomic mass is 35.5. The van der Waals surface area contributed by atoms with Crippen LogP contribution in [0.3, 0.4) is 0 Å². The van der Waals surface area contributed by atoms with Gasteiger partial charge < -0.3 is 18.6 Å². The molecule has 12 aromatic rings. The molecule has 90 heavy (non-hydrogen) atoms. The smallest absolute Gasteiger partial charge is 0.159 e. The van der Waals surface area contributed by atoms with Crippen molar-refractivity contribution in [2.45, 2.75) is 157 Å². The predicted octanol–water partition coefficient (Wildman–Crippen LogP) is 26.5. The van der Waals surface area contributed by atoms with E-state index in [1.165, 1.54) is 33.4 Å². The van der Waals surface area contributed by atoms with Gasteiger partial charge in [0, 0.05) is 65.5 Å². The van der Waals surface area contributed by atoms with Crippen molar-refractivity contribution < 1.29 is 8.83 Å². The van der Waals surface area contributed by atoms with Crippen LogP contribution >= 0.6 is 23.2 Å². The van der Waals surface area contributed by atoms with Gasteiger partial charge in [0.05, 0.1) is 11.4 Å². The largest absolute Gasteiger partial charge is 0.453 e. The van der Waals surface area contributed by atoms with E-state index < -0.39 is 0 Å². The van der Waals surface area contributed by atoms with E-state index in [9.17, 15) is 0 Å². The molecule has 6 heteroatoms. The zero-order valence-electron chi connectivity index (χ0n) is 55.9. The third-order valence-corrected chi connectivity index (χ3v) is 18.5. The third-order valence-electron chi connectivity index (χ3n) is 18.0. The summed E-state index contributed by atoms with van der Waals surface area (Å²) in [4.78, 5) is 4.64. The molecule has 0 saturated heterocycles. The average molecular weight is 1230 g/mol. The molecule has 0 unspecified atom stereocenters. The number of fused-ring (bicyclic) bond motifs is 6. The fraction of sp³-hybridized carbons (Fsp3) is 0.286. The number of benzene rings is 10. The fourth-order valence-electron chi connectivity index (χ4n) is 12.5. The van der Waals surface area contributed by atoms with E-state index in [4.69, 9.17) is 32.0 Å². The number of anilines is 6. The topological polar surface area (TPSA) is 32.8 Å². The third kappa shape index (κ3) is 12.0. The zero-order chi connectivity index (χ0) is 64.4. The lowest BCUT2D eigenvalue weighted by Gasteiger charge is -2.31. The second-order valence-electron chi connectivity index (χ2n) is 31.1. The molecule has 0 atom stereocenters. The Morgan fingerprint density at radius 1 is 0.256 bits per heavy atom. The molecule has 12 rings (SSSR count). The van der Waals surface area contributed by atoms with Crippen molar-refractivity contribution in [3.05, 3.63) is 238 Å². The van der Waals surface area contributed by atoms with Gasteiger partial charge in [0.25, 0.3) is 0 Å². The second-order valence-corrected chi connectivity index (χ2v) is 32.0. The predicted molar refractivity (Wildman–Crippen MR) is 389 cm³/mol. The van der Waals surface area contributed by atoms with E-state index in [0.29, 0.717) is 10.0 Å². The van der Waals surface area contributed by atoms with Crippen LogP contribution in [0.25, 0.3) is 77.3 Å². The lowest BCUT2D eigenvalue weighted by atomic mass is 9.79. The molecule has 0 aliphatic rings. The Balaban J connectivity index is 1.16. The van der Waals surface area contributed by atoms with E-state index in [-0.39, 0.29) is 32.5 Å². The van der Waals surface area contributed by atoms with Crippen LogP contribution < -0.4 is 9.80 Å². The van der Waals surface area contributed by atoms with Crippen LogP contribution in [0.15, 0.2) is 203 Å². The monoisotopic (exact) mass is 1220 g/mol. The van der Waals surface area contributed by atoms with Crippen LogP contribution in [0.1, 0.15) is 158 Å². The number of nitrogens with zero attached hydrogens (tertiary/aromatic N) is 2. The Morgan fingerprint density at radius 3 is 0.844 bits per heavy atom. The van der Waals surface area contributed by atoms with Crippen LogP contribution in [0.5, 0.6) is 0 Å². The van der Waals surface area contributed by atoms with Gasteiger partial charge in [0.1, 0.15) is 11.2 Å². The van der Waals surface area contributed by atoms with E-state index in [1.54, 1.807) is 0 Å². The van der Waals surface area contributed by atoms with Crippen LogP contribution in [0.4, 0.5) is 34.1 Å². The first kappa shape index (κ1) is 62.2. The average Bonchev–Trinajstić information content (AvgIpc) is 1.55. The maximum Gasteiger partial charge on any atom is 0.159 e. The van der Waals surface area contributed by atoms with Crippen LogP contribution in [0, 0.1) is 0 Å². The molecule has 0 amide bonds. The van der Waals surface area contributed by atoms with Crippen molar-refractivity contribution in [1.29, 1.82) is 0 Å².